The summed E-state index contributed by atoms with van der Waals surface area (Å²) in [5.74, 6) is -0.412. The number of hydrogen-bond acceptors (Lipinski definition) is 4. The molecule has 2 amide bonds. The Kier molecular flexibility index (Phi) is 7.41. The summed E-state index contributed by atoms with van der Waals surface area (Å²) in [6.07, 6.45) is 1.19. The predicted octanol–water partition coefficient (Wildman–Crippen LogP) is 4.22. The topological polar surface area (TPSA) is 86.8 Å². The van der Waals surface area contributed by atoms with Gasteiger partial charge < -0.3 is 10.2 Å². The third-order valence-corrected chi connectivity index (χ3v) is 6.54. The monoisotopic (exact) mass is 479 g/mol. The molecule has 0 aliphatic heterocycles. The second-order valence-electron chi connectivity index (χ2n) is 8.44. The lowest BCUT2D eigenvalue weighted by Gasteiger charge is -2.26. The summed E-state index contributed by atoms with van der Waals surface area (Å²) in [5.41, 5.74) is 4.73. The minimum absolute atomic E-state index is 0.113. The Labute approximate surface area is 201 Å². The van der Waals surface area contributed by atoms with E-state index in [0.29, 0.717) is 22.5 Å². The van der Waals surface area contributed by atoms with E-state index < -0.39 is 10.0 Å². The molecule has 3 aromatic carbocycles. The summed E-state index contributed by atoms with van der Waals surface area (Å²) in [6.45, 7) is 3.93. The Balaban J connectivity index is 1.75. The van der Waals surface area contributed by atoms with Gasteiger partial charge in [0.2, 0.25) is 10.0 Å². The van der Waals surface area contributed by atoms with Gasteiger partial charge in [-0.25, -0.2) is 8.42 Å². The molecule has 0 fully saturated rings. The number of aryl methyl sites for hydroxylation is 2. The number of nitrogens with one attached hydrogen (secondary N) is 1. The van der Waals surface area contributed by atoms with E-state index in [1.165, 1.54) is 15.5 Å². The molecule has 0 aliphatic rings. The molecular weight excluding hydrogens is 450 g/mol. The first-order valence-corrected chi connectivity index (χ1v) is 12.6. The van der Waals surface area contributed by atoms with Crippen molar-refractivity contribution in [1.29, 1.82) is 0 Å². The molecule has 178 valence electrons. The highest BCUT2D eigenvalue weighted by atomic mass is 32.2. The highest BCUT2D eigenvalue weighted by molar-refractivity contribution is 7.92. The van der Waals surface area contributed by atoms with E-state index >= 15 is 0 Å². The van der Waals surface area contributed by atoms with Crippen LogP contribution in [-0.2, 0) is 16.6 Å². The first-order chi connectivity index (χ1) is 16.0. The largest absolute Gasteiger partial charge is 0.345 e. The zero-order chi connectivity index (χ0) is 25.0. The summed E-state index contributed by atoms with van der Waals surface area (Å²) >= 11 is 0. The third-order valence-electron chi connectivity index (χ3n) is 5.43. The quantitative estimate of drug-likeness (QED) is 0.550. The summed E-state index contributed by atoms with van der Waals surface area (Å²) in [4.78, 5) is 26.1. The van der Waals surface area contributed by atoms with Gasteiger partial charge in [-0.3, -0.25) is 13.9 Å². The number of para-hydroxylation sites is 1. The van der Waals surface area contributed by atoms with Gasteiger partial charge in [0.15, 0.2) is 0 Å². The normalized spacial score (nSPS) is 11.1. The van der Waals surface area contributed by atoms with E-state index in [4.69, 9.17) is 0 Å². The number of sulfonamides is 1. The first-order valence-electron chi connectivity index (χ1n) is 10.7. The minimum Gasteiger partial charge on any atom is -0.345 e. The minimum atomic E-state index is -3.52. The first kappa shape index (κ1) is 25.0. The lowest BCUT2D eigenvalue weighted by Crippen LogP contribution is -2.30. The molecule has 0 aromatic heterocycles. The Morgan fingerprint density at radius 1 is 0.824 bits per heavy atom. The van der Waals surface area contributed by atoms with Gasteiger partial charge >= 0.3 is 0 Å². The summed E-state index contributed by atoms with van der Waals surface area (Å²) < 4.78 is 26.5. The van der Waals surface area contributed by atoms with Crippen molar-refractivity contribution < 1.29 is 18.0 Å². The Hall–Kier alpha value is -3.65. The highest BCUT2D eigenvalue weighted by Gasteiger charge is 2.21. The zero-order valence-corrected chi connectivity index (χ0v) is 20.8. The van der Waals surface area contributed by atoms with Crippen molar-refractivity contribution in [3.05, 3.63) is 94.5 Å². The van der Waals surface area contributed by atoms with Crippen LogP contribution in [0.1, 0.15) is 37.4 Å². The number of anilines is 2. The van der Waals surface area contributed by atoms with Crippen molar-refractivity contribution in [2.45, 2.75) is 20.4 Å². The van der Waals surface area contributed by atoms with E-state index in [2.05, 4.69) is 5.32 Å². The average molecular weight is 480 g/mol. The van der Waals surface area contributed by atoms with Crippen LogP contribution in [0.5, 0.6) is 0 Å². The van der Waals surface area contributed by atoms with E-state index in [1.54, 1.807) is 62.6 Å². The Morgan fingerprint density at radius 2 is 1.35 bits per heavy atom. The van der Waals surface area contributed by atoms with Crippen LogP contribution < -0.4 is 9.62 Å². The molecule has 0 heterocycles. The van der Waals surface area contributed by atoms with Crippen molar-refractivity contribution in [3.63, 3.8) is 0 Å². The number of benzene rings is 3. The van der Waals surface area contributed by atoms with E-state index in [0.717, 1.165) is 16.7 Å². The van der Waals surface area contributed by atoms with Crippen LogP contribution in [0.25, 0.3) is 0 Å². The molecule has 0 aliphatic carbocycles. The average Bonchev–Trinajstić information content (AvgIpc) is 2.78. The van der Waals surface area contributed by atoms with Gasteiger partial charge in [-0.1, -0.05) is 30.3 Å². The molecule has 3 rings (SSSR count). The van der Waals surface area contributed by atoms with Crippen LogP contribution in [0, 0.1) is 13.8 Å². The van der Waals surface area contributed by atoms with E-state index in [-0.39, 0.29) is 18.4 Å². The summed E-state index contributed by atoms with van der Waals surface area (Å²) in [5, 5.41) is 2.81. The molecule has 0 bridgehead atoms. The van der Waals surface area contributed by atoms with Crippen molar-refractivity contribution >= 4 is 33.2 Å². The molecule has 0 saturated heterocycles. The highest BCUT2D eigenvalue weighted by Crippen LogP contribution is 2.28. The van der Waals surface area contributed by atoms with Gasteiger partial charge in [-0.05, 0) is 66.9 Å². The lowest BCUT2D eigenvalue weighted by atomic mass is 10.1. The van der Waals surface area contributed by atoms with Crippen molar-refractivity contribution in [2.24, 2.45) is 0 Å². The van der Waals surface area contributed by atoms with Gasteiger partial charge in [0.1, 0.15) is 0 Å². The van der Waals surface area contributed by atoms with Gasteiger partial charge in [0.05, 0.1) is 18.5 Å². The summed E-state index contributed by atoms with van der Waals surface area (Å²) in [7, 11) is -0.157. The zero-order valence-electron chi connectivity index (χ0n) is 20.0. The van der Waals surface area contributed by atoms with E-state index in [1.807, 2.05) is 32.0 Å². The molecule has 7 nitrogen and oxygen atoms in total. The molecule has 0 radical (unpaired) electrons. The second kappa shape index (κ2) is 10.1. The van der Waals surface area contributed by atoms with Gasteiger partial charge in [0.25, 0.3) is 11.8 Å². The van der Waals surface area contributed by atoms with Crippen LogP contribution in [0.4, 0.5) is 11.4 Å². The van der Waals surface area contributed by atoms with Crippen LogP contribution in [0.3, 0.4) is 0 Å². The van der Waals surface area contributed by atoms with Crippen molar-refractivity contribution in [1.82, 2.24) is 4.90 Å². The molecular formula is C26H29N3O4S. The van der Waals surface area contributed by atoms with Crippen LogP contribution in [0.15, 0.2) is 66.7 Å². The van der Waals surface area contributed by atoms with Crippen molar-refractivity contribution in [3.8, 4) is 0 Å². The maximum absolute atomic E-state index is 12.7. The molecule has 0 unspecified atom stereocenters. The molecule has 0 atom stereocenters. The summed E-state index contributed by atoms with van der Waals surface area (Å²) in [6, 6.07) is 19.2. The van der Waals surface area contributed by atoms with Crippen LogP contribution >= 0.6 is 0 Å². The molecule has 0 saturated carbocycles. The molecule has 8 heteroatoms. The second-order valence-corrected chi connectivity index (χ2v) is 10.3. The number of hydrogen-bond donors (Lipinski definition) is 1. The standard InChI is InChI=1S/C26H29N3O4S/c1-18-7-6-8-19(2)24(18)29(34(5,32)33)17-20-9-11-21(12-10-20)25(30)27-23-15-13-22(14-16-23)26(31)28(3)4/h6-16H,17H2,1-5H3,(H,27,30). The maximum atomic E-state index is 12.7. The van der Waals surface area contributed by atoms with Gasteiger partial charge in [0, 0.05) is 30.9 Å². The predicted molar refractivity (Wildman–Crippen MR) is 136 cm³/mol. The number of amides is 2. The third kappa shape index (κ3) is 5.82. The maximum Gasteiger partial charge on any atom is 0.255 e. The smallest absolute Gasteiger partial charge is 0.255 e. The van der Waals surface area contributed by atoms with Crippen molar-refractivity contribution in [2.75, 3.05) is 30.0 Å². The molecule has 0 spiro atoms. The fourth-order valence-electron chi connectivity index (χ4n) is 3.65. The number of carbonyl (C=O) groups excluding carboxylic acids is 2. The van der Waals surface area contributed by atoms with Gasteiger partial charge in [-0.15, -0.1) is 0 Å². The molecule has 3 aromatic rings. The number of rotatable bonds is 7. The Morgan fingerprint density at radius 3 is 1.85 bits per heavy atom. The number of nitrogens with zero attached hydrogens (tertiary/aromatic N) is 2. The SMILES string of the molecule is Cc1cccc(C)c1N(Cc1ccc(C(=O)Nc2ccc(C(=O)N(C)C)cc2)cc1)S(C)(=O)=O. The van der Waals surface area contributed by atoms with Gasteiger partial charge in [-0.2, -0.15) is 0 Å². The van der Waals surface area contributed by atoms with E-state index in [9.17, 15) is 18.0 Å². The fraction of sp³-hybridized carbons (Fsp3) is 0.231. The lowest BCUT2D eigenvalue weighted by molar-refractivity contribution is 0.0827. The molecule has 34 heavy (non-hydrogen) atoms. The van der Waals surface area contributed by atoms with Crippen LogP contribution in [0.2, 0.25) is 0 Å². The van der Waals surface area contributed by atoms with Crippen LogP contribution in [-0.4, -0.2) is 45.5 Å². The molecule has 1 N–H and O–H groups in total. The fourth-order valence-corrected chi connectivity index (χ4v) is 4.65. The number of carbonyl (C=O) groups is 2. The Bertz CT molecular complexity index is 1280.